The van der Waals surface area contributed by atoms with E-state index in [1.54, 1.807) is 19.2 Å². The first-order valence-corrected chi connectivity index (χ1v) is 4.72. The van der Waals surface area contributed by atoms with Crippen molar-refractivity contribution in [3.63, 3.8) is 0 Å². The van der Waals surface area contributed by atoms with Gasteiger partial charge in [0.2, 0.25) is 0 Å². The van der Waals surface area contributed by atoms with Crippen LogP contribution in [0.25, 0.3) is 0 Å². The van der Waals surface area contributed by atoms with E-state index in [-0.39, 0.29) is 0 Å². The molecule has 1 rings (SSSR count). The molecule has 0 fully saturated rings. The Labute approximate surface area is 84.7 Å². The van der Waals surface area contributed by atoms with Crippen LogP contribution in [0.3, 0.4) is 0 Å². The maximum absolute atomic E-state index is 9.47. The van der Waals surface area contributed by atoms with Crippen LogP contribution in [0.1, 0.15) is 30.9 Å². The minimum Gasteiger partial charge on any atom is -0.508 e. The van der Waals surface area contributed by atoms with Gasteiger partial charge in [0, 0.05) is 6.54 Å². The van der Waals surface area contributed by atoms with Crippen molar-refractivity contribution in [3.8, 4) is 5.75 Å². The summed E-state index contributed by atoms with van der Waals surface area (Å²) < 4.78 is 0. The number of aromatic hydroxyl groups is 1. The van der Waals surface area contributed by atoms with Gasteiger partial charge in [-0.15, -0.1) is 0 Å². The predicted octanol–water partition coefficient (Wildman–Crippen LogP) is 2.17. The molecule has 0 radical (unpaired) electrons. The Morgan fingerprint density at radius 2 is 2.07 bits per heavy atom. The highest BCUT2D eigenvalue weighted by atomic mass is 16.6. The topological polar surface area (TPSA) is 41.5 Å². The summed E-state index contributed by atoms with van der Waals surface area (Å²) in [5.74, 6) is 0.729. The zero-order chi connectivity index (χ0) is 10.6. The van der Waals surface area contributed by atoms with E-state index in [4.69, 9.17) is 4.84 Å². The fraction of sp³-hybridized carbons (Fsp3) is 0.455. The molecule has 0 heterocycles. The van der Waals surface area contributed by atoms with Gasteiger partial charge in [-0.1, -0.05) is 19.9 Å². The van der Waals surface area contributed by atoms with Crippen LogP contribution in [0.15, 0.2) is 18.2 Å². The standard InChI is InChI=1S/C11H17NO2/c1-8(2)10-4-9(7-12-14-3)5-11(13)6-10/h4-6,8,12-13H,7H2,1-3H3. The van der Waals surface area contributed by atoms with Crippen molar-refractivity contribution in [2.45, 2.75) is 26.3 Å². The van der Waals surface area contributed by atoms with Gasteiger partial charge in [-0.2, -0.15) is 5.48 Å². The van der Waals surface area contributed by atoms with Crippen molar-refractivity contribution in [2.24, 2.45) is 0 Å². The second-order valence-electron chi connectivity index (χ2n) is 3.61. The highest BCUT2D eigenvalue weighted by Gasteiger charge is 2.03. The number of benzene rings is 1. The lowest BCUT2D eigenvalue weighted by atomic mass is 10.0. The first-order chi connectivity index (χ1) is 6.63. The van der Waals surface area contributed by atoms with E-state index < -0.39 is 0 Å². The second kappa shape index (κ2) is 4.98. The number of nitrogens with one attached hydrogen (secondary N) is 1. The summed E-state index contributed by atoms with van der Waals surface area (Å²) >= 11 is 0. The molecule has 3 nitrogen and oxygen atoms in total. The fourth-order valence-corrected chi connectivity index (χ4v) is 1.29. The van der Waals surface area contributed by atoms with Crippen molar-refractivity contribution in [2.75, 3.05) is 7.11 Å². The number of phenolic OH excluding ortho intramolecular Hbond substituents is 1. The maximum Gasteiger partial charge on any atom is 0.116 e. The molecule has 0 aliphatic heterocycles. The van der Waals surface area contributed by atoms with E-state index in [2.05, 4.69) is 25.4 Å². The van der Waals surface area contributed by atoms with Crippen LogP contribution in [0.2, 0.25) is 0 Å². The third-order valence-corrected chi connectivity index (χ3v) is 2.09. The summed E-state index contributed by atoms with van der Waals surface area (Å²) in [6.07, 6.45) is 0. The number of phenols is 1. The molecule has 0 aliphatic carbocycles. The quantitative estimate of drug-likeness (QED) is 0.723. The van der Waals surface area contributed by atoms with E-state index in [1.165, 1.54) is 0 Å². The van der Waals surface area contributed by atoms with Crippen molar-refractivity contribution in [1.82, 2.24) is 5.48 Å². The van der Waals surface area contributed by atoms with E-state index >= 15 is 0 Å². The van der Waals surface area contributed by atoms with E-state index in [1.807, 2.05) is 0 Å². The first kappa shape index (κ1) is 11.0. The zero-order valence-electron chi connectivity index (χ0n) is 8.87. The largest absolute Gasteiger partial charge is 0.508 e. The number of hydroxylamine groups is 1. The smallest absolute Gasteiger partial charge is 0.116 e. The molecule has 0 atom stereocenters. The maximum atomic E-state index is 9.47. The molecule has 0 saturated carbocycles. The summed E-state index contributed by atoms with van der Waals surface area (Å²) in [5, 5.41) is 9.47. The summed E-state index contributed by atoms with van der Waals surface area (Å²) in [4.78, 5) is 4.75. The molecule has 2 N–H and O–H groups in total. The summed E-state index contributed by atoms with van der Waals surface area (Å²) in [6.45, 7) is 4.80. The normalized spacial score (nSPS) is 10.9. The molecule has 78 valence electrons. The van der Waals surface area contributed by atoms with Crippen molar-refractivity contribution < 1.29 is 9.94 Å². The molecule has 0 amide bonds. The van der Waals surface area contributed by atoms with Gasteiger partial charge >= 0.3 is 0 Å². The minimum absolute atomic E-state index is 0.309. The zero-order valence-corrected chi connectivity index (χ0v) is 8.87. The van der Waals surface area contributed by atoms with E-state index in [0.29, 0.717) is 18.2 Å². The molecule has 14 heavy (non-hydrogen) atoms. The Morgan fingerprint density at radius 3 is 2.64 bits per heavy atom. The van der Waals surface area contributed by atoms with Gasteiger partial charge in [-0.3, -0.25) is 0 Å². The Balaban J connectivity index is 2.84. The molecule has 0 unspecified atom stereocenters. The lowest BCUT2D eigenvalue weighted by Gasteiger charge is -2.09. The lowest BCUT2D eigenvalue weighted by molar-refractivity contribution is 0.0866. The summed E-state index contributed by atoms with van der Waals surface area (Å²) in [6, 6.07) is 5.59. The Kier molecular flexibility index (Phi) is 3.92. The van der Waals surface area contributed by atoms with Gasteiger partial charge < -0.3 is 9.94 Å². The fourth-order valence-electron chi connectivity index (χ4n) is 1.29. The summed E-state index contributed by atoms with van der Waals surface area (Å²) in [5.41, 5.74) is 4.91. The molecule has 3 heteroatoms. The lowest BCUT2D eigenvalue weighted by Crippen LogP contribution is -2.10. The molecule has 0 bridgehead atoms. The Hall–Kier alpha value is -1.06. The SMILES string of the molecule is CONCc1cc(O)cc(C(C)C)c1. The van der Waals surface area contributed by atoms with E-state index in [9.17, 15) is 5.11 Å². The van der Waals surface area contributed by atoms with Crippen molar-refractivity contribution in [1.29, 1.82) is 0 Å². The minimum atomic E-state index is 0.309. The highest BCUT2D eigenvalue weighted by molar-refractivity contribution is 5.34. The van der Waals surface area contributed by atoms with Gasteiger partial charge in [-0.05, 0) is 29.2 Å². The number of rotatable bonds is 4. The third kappa shape index (κ3) is 3.01. The second-order valence-corrected chi connectivity index (χ2v) is 3.61. The van der Waals surface area contributed by atoms with Crippen molar-refractivity contribution in [3.05, 3.63) is 29.3 Å². The number of hydrogen-bond donors (Lipinski definition) is 2. The first-order valence-electron chi connectivity index (χ1n) is 4.72. The number of hydrogen-bond acceptors (Lipinski definition) is 3. The van der Waals surface area contributed by atoms with Crippen molar-refractivity contribution >= 4 is 0 Å². The Morgan fingerprint density at radius 1 is 1.36 bits per heavy atom. The molecule has 0 spiro atoms. The monoisotopic (exact) mass is 195 g/mol. The Bertz CT molecular complexity index is 297. The van der Waals surface area contributed by atoms with Gasteiger partial charge in [0.05, 0.1) is 7.11 Å². The van der Waals surface area contributed by atoms with Crippen LogP contribution < -0.4 is 5.48 Å². The van der Waals surface area contributed by atoms with Crippen LogP contribution in [0, 0.1) is 0 Å². The molecule has 1 aromatic rings. The highest BCUT2D eigenvalue weighted by Crippen LogP contribution is 2.21. The van der Waals surface area contributed by atoms with Crippen LogP contribution >= 0.6 is 0 Å². The molecule has 0 saturated heterocycles. The summed E-state index contributed by atoms with van der Waals surface area (Å²) in [7, 11) is 1.58. The van der Waals surface area contributed by atoms with Gasteiger partial charge in [0.25, 0.3) is 0 Å². The third-order valence-electron chi connectivity index (χ3n) is 2.09. The predicted molar refractivity (Wildman–Crippen MR) is 56.0 cm³/mol. The molecular formula is C11H17NO2. The van der Waals surface area contributed by atoms with Gasteiger partial charge in [0.15, 0.2) is 0 Å². The molecule has 0 aliphatic rings. The van der Waals surface area contributed by atoms with Gasteiger partial charge in [0.1, 0.15) is 5.75 Å². The van der Waals surface area contributed by atoms with Crippen LogP contribution in [0.5, 0.6) is 5.75 Å². The van der Waals surface area contributed by atoms with Crippen LogP contribution in [-0.4, -0.2) is 12.2 Å². The average Bonchev–Trinajstić information content (AvgIpc) is 2.14. The van der Waals surface area contributed by atoms with Gasteiger partial charge in [-0.25, -0.2) is 0 Å². The van der Waals surface area contributed by atoms with Crippen LogP contribution in [-0.2, 0) is 11.4 Å². The molecule has 0 aromatic heterocycles. The molecular weight excluding hydrogens is 178 g/mol. The van der Waals surface area contributed by atoms with E-state index in [0.717, 1.165) is 11.1 Å². The van der Waals surface area contributed by atoms with Crippen LogP contribution in [0.4, 0.5) is 0 Å². The average molecular weight is 195 g/mol. The molecule has 1 aromatic carbocycles.